The molecule has 4 heteroatoms. The molecule has 0 N–H and O–H groups in total. The van der Waals surface area contributed by atoms with Gasteiger partial charge in [-0.15, -0.1) is 0 Å². The SMILES string of the molecule is Cn1c(CN2CCC(CCCc3cccnc3)CC2)nc2ccccc21. The Bertz CT molecular complexity index is 832. The number of hydrogen-bond acceptors (Lipinski definition) is 3. The maximum Gasteiger partial charge on any atom is 0.123 e. The zero-order chi connectivity index (χ0) is 17.8. The fourth-order valence-corrected chi connectivity index (χ4v) is 4.11. The first-order valence-corrected chi connectivity index (χ1v) is 9.81. The highest BCUT2D eigenvalue weighted by atomic mass is 15.2. The molecule has 2 aromatic heterocycles. The Hall–Kier alpha value is -2.20. The highest BCUT2D eigenvalue weighted by Crippen LogP contribution is 2.24. The zero-order valence-corrected chi connectivity index (χ0v) is 15.6. The summed E-state index contributed by atoms with van der Waals surface area (Å²) in [6.07, 6.45) is 10.3. The Morgan fingerprint density at radius 1 is 1.08 bits per heavy atom. The van der Waals surface area contributed by atoms with E-state index in [0.29, 0.717) is 0 Å². The van der Waals surface area contributed by atoms with E-state index in [2.05, 4.69) is 51.8 Å². The largest absolute Gasteiger partial charge is 0.330 e. The van der Waals surface area contributed by atoms with Gasteiger partial charge < -0.3 is 4.57 Å². The molecular formula is C22H28N4. The topological polar surface area (TPSA) is 34.0 Å². The van der Waals surface area contributed by atoms with Crippen LogP contribution >= 0.6 is 0 Å². The van der Waals surface area contributed by atoms with Crippen molar-refractivity contribution in [3.8, 4) is 0 Å². The summed E-state index contributed by atoms with van der Waals surface area (Å²) in [7, 11) is 2.13. The first-order valence-electron chi connectivity index (χ1n) is 9.81. The molecule has 0 atom stereocenters. The number of nitrogens with zero attached hydrogens (tertiary/aromatic N) is 4. The summed E-state index contributed by atoms with van der Waals surface area (Å²) in [5.41, 5.74) is 3.70. The molecule has 3 aromatic rings. The zero-order valence-electron chi connectivity index (χ0n) is 15.6. The molecular weight excluding hydrogens is 320 g/mol. The number of pyridine rings is 1. The second-order valence-corrected chi connectivity index (χ2v) is 7.55. The minimum Gasteiger partial charge on any atom is -0.330 e. The van der Waals surface area contributed by atoms with E-state index < -0.39 is 0 Å². The van der Waals surface area contributed by atoms with Crippen molar-refractivity contribution in [1.82, 2.24) is 19.4 Å². The van der Waals surface area contributed by atoms with Crippen LogP contribution in [0.15, 0.2) is 48.8 Å². The lowest BCUT2D eigenvalue weighted by molar-refractivity contribution is 0.166. The minimum absolute atomic E-state index is 0.878. The lowest BCUT2D eigenvalue weighted by Gasteiger charge is -2.31. The van der Waals surface area contributed by atoms with Crippen LogP contribution in [0.4, 0.5) is 0 Å². The number of piperidine rings is 1. The van der Waals surface area contributed by atoms with Crippen LogP contribution in [0, 0.1) is 5.92 Å². The Balaban J connectivity index is 1.25. The summed E-state index contributed by atoms with van der Waals surface area (Å²) >= 11 is 0. The van der Waals surface area contributed by atoms with Gasteiger partial charge in [0, 0.05) is 19.4 Å². The Morgan fingerprint density at radius 2 is 1.92 bits per heavy atom. The Morgan fingerprint density at radius 3 is 2.69 bits per heavy atom. The van der Waals surface area contributed by atoms with Crippen LogP contribution in [-0.2, 0) is 20.0 Å². The van der Waals surface area contributed by atoms with Crippen molar-refractivity contribution in [1.29, 1.82) is 0 Å². The van der Waals surface area contributed by atoms with Gasteiger partial charge in [-0.05, 0) is 68.5 Å². The second kappa shape index (κ2) is 8.00. The highest BCUT2D eigenvalue weighted by Gasteiger charge is 2.20. The van der Waals surface area contributed by atoms with Crippen LogP contribution in [0.5, 0.6) is 0 Å². The van der Waals surface area contributed by atoms with E-state index in [1.807, 2.05) is 18.5 Å². The van der Waals surface area contributed by atoms with Crippen molar-refractivity contribution >= 4 is 11.0 Å². The number of rotatable bonds is 6. The van der Waals surface area contributed by atoms with Gasteiger partial charge in [-0.3, -0.25) is 9.88 Å². The van der Waals surface area contributed by atoms with E-state index in [0.717, 1.165) is 24.4 Å². The molecule has 0 unspecified atom stereocenters. The number of para-hydroxylation sites is 2. The summed E-state index contributed by atoms with van der Waals surface area (Å²) in [6, 6.07) is 12.6. The monoisotopic (exact) mass is 348 g/mol. The summed E-state index contributed by atoms with van der Waals surface area (Å²) in [4.78, 5) is 11.6. The molecule has 1 saturated heterocycles. The second-order valence-electron chi connectivity index (χ2n) is 7.55. The fourth-order valence-electron chi connectivity index (χ4n) is 4.11. The molecule has 0 saturated carbocycles. The average molecular weight is 348 g/mol. The number of likely N-dealkylation sites (tertiary alicyclic amines) is 1. The Labute approximate surface area is 155 Å². The van der Waals surface area contributed by atoms with Crippen molar-refractivity contribution in [2.24, 2.45) is 13.0 Å². The molecule has 4 rings (SSSR count). The number of imidazole rings is 1. The lowest BCUT2D eigenvalue weighted by Crippen LogP contribution is -2.34. The molecule has 0 radical (unpaired) electrons. The van der Waals surface area contributed by atoms with Gasteiger partial charge in [-0.1, -0.05) is 24.6 Å². The predicted molar refractivity (Wildman–Crippen MR) is 106 cm³/mol. The lowest BCUT2D eigenvalue weighted by atomic mass is 9.91. The molecule has 1 aliphatic heterocycles. The number of hydrogen-bond donors (Lipinski definition) is 0. The fraction of sp³-hybridized carbons (Fsp3) is 0.455. The van der Waals surface area contributed by atoms with Crippen molar-refractivity contribution < 1.29 is 0 Å². The minimum atomic E-state index is 0.878. The maximum absolute atomic E-state index is 4.82. The average Bonchev–Trinajstić information content (AvgIpc) is 3.00. The molecule has 136 valence electrons. The van der Waals surface area contributed by atoms with Gasteiger partial charge in [0.05, 0.1) is 17.6 Å². The van der Waals surface area contributed by atoms with Crippen LogP contribution in [0.1, 0.15) is 37.1 Å². The van der Waals surface area contributed by atoms with E-state index in [1.165, 1.54) is 55.7 Å². The number of aromatic nitrogens is 3. The van der Waals surface area contributed by atoms with Crippen molar-refractivity contribution in [2.75, 3.05) is 13.1 Å². The molecule has 0 bridgehead atoms. The van der Waals surface area contributed by atoms with E-state index in [9.17, 15) is 0 Å². The standard InChI is InChI=1S/C22H28N4/c1-25-21-10-3-2-9-20(21)24-22(25)17-26-14-11-18(12-15-26)6-4-7-19-8-5-13-23-16-19/h2-3,5,8-10,13,16,18H,4,6-7,11-12,14-15,17H2,1H3. The van der Waals surface area contributed by atoms with E-state index in [-0.39, 0.29) is 0 Å². The van der Waals surface area contributed by atoms with Crippen molar-refractivity contribution in [3.63, 3.8) is 0 Å². The first-order chi connectivity index (χ1) is 12.8. The maximum atomic E-state index is 4.82. The summed E-state index contributed by atoms with van der Waals surface area (Å²) < 4.78 is 2.25. The Kier molecular flexibility index (Phi) is 5.30. The first kappa shape index (κ1) is 17.2. The van der Waals surface area contributed by atoms with Crippen LogP contribution in [0.3, 0.4) is 0 Å². The summed E-state index contributed by atoms with van der Waals surface area (Å²) in [5.74, 6) is 2.06. The van der Waals surface area contributed by atoms with E-state index in [4.69, 9.17) is 4.98 Å². The third kappa shape index (κ3) is 3.96. The third-order valence-corrected chi connectivity index (χ3v) is 5.75. The van der Waals surface area contributed by atoms with Crippen LogP contribution < -0.4 is 0 Å². The number of aryl methyl sites for hydroxylation is 2. The molecule has 3 heterocycles. The molecule has 26 heavy (non-hydrogen) atoms. The molecule has 1 aromatic carbocycles. The summed E-state index contributed by atoms with van der Waals surface area (Å²) in [5, 5.41) is 0. The molecule has 0 aliphatic carbocycles. The van der Waals surface area contributed by atoms with E-state index in [1.54, 1.807) is 0 Å². The number of fused-ring (bicyclic) bond motifs is 1. The van der Waals surface area contributed by atoms with Gasteiger partial charge in [0.2, 0.25) is 0 Å². The molecule has 1 aliphatic rings. The quantitative estimate of drug-likeness (QED) is 0.669. The number of benzene rings is 1. The highest BCUT2D eigenvalue weighted by molar-refractivity contribution is 5.75. The molecule has 0 spiro atoms. The third-order valence-electron chi connectivity index (χ3n) is 5.75. The molecule has 0 amide bonds. The normalized spacial score (nSPS) is 16.3. The van der Waals surface area contributed by atoms with Crippen LogP contribution in [-0.4, -0.2) is 32.5 Å². The molecule has 1 fully saturated rings. The molecule has 4 nitrogen and oxygen atoms in total. The van der Waals surface area contributed by atoms with Gasteiger partial charge in [0.1, 0.15) is 5.82 Å². The van der Waals surface area contributed by atoms with Gasteiger partial charge in [0.25, 0.3) is 0 Å². The van der Waals surface area contributed by atoms with Crippen molar-refractivity contribution in [3.05, 3.63) is 60.2 Å². The van der Waals surface area contributed by atoms with Gasteiger partial charge in [-0.2, -0.15) is 0 Å². The predicted octanol–water partition coefficient (Wildman–Crippen LogP) is 4.20. The smallest absolute Gasteiger partial charge is 0.123 e. The van der Waals surface area contributed by atoms with E-state index >= 15 is 0 Å². The van der Waals surface area contributed by atoms with Crippen LogP contribution in [0.2, 0.25) is 0 Å². The van der Waals surface area contributed by atoms with Crippen molar-refractivity contribution in [2.45, 2.75) is 38.6 Å². The van der Waals surface area contributed by atoms with Crippen LogP contribution in [0.25, 0.3) is 11.0 Å². The van der Waals surface area contributed by atoms with Gasteiger partial charge in [0.15, 0.2) is 0 Å². The van der Waals surface area contributed by atoms with Gasteiger partial charge in [-0.25, -0.2) is 4.98 Å². The summed E-state index contributed by atoms with van der Waals surface area (Å²) in [6.45, 7) is 3.36. The van der Waals surface area contributed by atoms with Gasteiger partial charge >= 0.3 is 0 Å².